The summed E-state index contributed by atoms with van der Waals surface area (Å²) >= 11 is 5.90. The maximum absolute atomic E-state index is 5.90. The Morgan fingerprint density at radius 3 is 2.86 bits per heavy atom. The van der Waals surface area contributed by atoms with Gasteiger partial charge in [0.25, 0.3) is 0 Å². The van der Waals surface area contributed by atoms with Gasteiger partial charge in [-0.15, -0.1) is 12.4 Å². The van der Waals surface area contributed by atoms with E-state index in [0.29, 0.717) is 11.9 Å². The zero-order valence-electron chi connectivity index (χ0n) is 12.6. The summed E-state index contributed by atoms with van der Waals surface area (Å²) in [6.45, 7) is 3.01. The topological polar surface area (TPSA) is 41.3 Å². The van der Waals surface area contributed by atoms with Crippen molar-refractivity contribution in [2.45, 2.75) is 25.4 Å². The van der Waals surface area contributed by atoms with Crippen LogP contribution in [0, 0.1) is 0 Å². The molecule has 1 aromatic heterocycles. The Balaban J connectivity index is 0.00000176. The molecule has 2 aromatic rings. The van der Waals surface area contributed by atoms with Crippen molar-refractivity contribution in [2.75, 3.05) is 20.1 Å². The average molecular weight is 342 g/mol. The molecule has 2 heterocycles. The smallest absolute Gasteiger partial charge is 0.226 e. The minimum Gasteiger partial charge on any atom is -0.444 e. The molecule has 1 unspecified atom stereocenters. The number of hydrogen-bond acceptors (Lipinski definition) is 4. The van der Waals surface area contributed by atoms with Crippen LogP contribution in [-0.4, -0.2) is 36.1 Å². The van der Waals surface area contributed by atoms with Crippen molar-refractivity contribution < 1.29 is 4.42 Å². The van der Waals surface area contributed by atoms with E-state index in [1.54, 1.807) is 6.26 Å². The van der Waals surface area contributed by atoms with Crippen molar-refractivity contribution in [3.05, 3.63) is 41.2 Å². The standard InChI is InChI=1S/C16H20ClN3O.ClH/c1-18-9-15-3-2-8-20(15)10-14-11-21-16(19-14)12-4-6-13(17)7-5-12;/h4-7,11,15,18H,2-3,8-10H2,1H3;1H. The van der Waals surface area contributed by atoms with E-state index in [4.69, 9.17) is 16.0 Å². The lowest BCUT2D eigenvalue weighted by Gasteiger charge is -2.22. The molecule has 1 aliphatic rings. The number of rotatable bonds is 5. The van der Waals surface area contributed by atoms with Gasteiger partial charge in [0.2, 0.25) is 5.89 Å². The Labute approximate surface area is 142 Å². The van der Waals surface area contributed by atoms with Crippen molar-refractivity contribution in [3.8, 4) is 11.5 Å². The van der Waals surface area contributed by atoms with Crippen molar-refractivity contribution in [3.63, 3.8) is 0 Å². The first-order valence-electron chi connectivity index (χ1n) is 7.35. The number of oxazole rings is 1. The molecular weight excluding hydrogens is 321 g/mol. The maximum Gasteiger partial charge on any atom is 0.226 e. The zero-order valence-corrected chi connectivity index (χ0v) is 14.2. The highest BCUT2D eigenvalue weighted by molar-refractivity contribution is 6.30. The first-order chi connectivity index (χ1) is 10.3. The third-order valence-electron chi connectivity index (χ3n) is 3.95. The van der Waals surface area contributed by atoms with Crippen LogP contribution in [0.25, 0.3) is 11.5 Å². The minimum absolute atomic E-state index is 0. The number of aromatic nitrogens is 1. The number of nitrogens with zero attached hydrogens (tertiary/aromatic N) is 2. The summed E-state index contributed by atoms with van der Waals surface area (Å²) in [4.78, 5) is 7.07. The summed E-state index contributed by atoms with van der Waals surface area (Å²) in [6, 6.07) is 8.16. The second kappa shape index (κ2) is 7.97. The van der Waals surface area contributed by atoms with Crippen molar-refractivity contribution in [2.24, 2.45) is 0 Å². The van der Waals surface area contributed by atoms with Gasteiger partial charge in [-0.1, -0.05) is 11.6 Å². The van der Waals surface area contributed by atoms with Crippen LogP contribution >= 0.6 is 24.0 Å². The van der Waals surface area contributed by atoms with Gasteiger partial charge in [0.15, 0.2) is 0 Å². The molecule has 0 spiro atoms. The van der Waals surface area contributed by atoms with Crippen LogP contribution in [0.5, 0.6) is 0 Å². The summed E-state index contributed by atoms with van der Waals surface area (Å²) in [6.07, 6.45) is 4.27. The van der Waals surface area contributed by atoms with E-state index in [2.05, 4.69) is 15.2 Å². The molecule has 1 fully saturated rings. The largest absolute Gasteiger partial charge is 0.444 e. The molecule has 1 aliphatic heterocycles. The highest BCUT2D eigenvalue weighted by Gasteiger charge is 2.24. The van der Waals surface area contributed by atoms with Gasteiger partial charge >= 0.3 is 0 Å². The van der Waals surface area contributed by atoms with Crippen molar-refractivity contribution in [1.82, 2.24) is 15.2 Å². The summed E-state index contributed by atoms with van der Waals surface area (Å²) in [5.74, 6) is 0.658. The molecule has 120 valence electrons. The Morgan fingerprint density at radius 1 is 1.36 bits per heavy atom. The normalized spacial score (nSPS) is 18.4. The molecule has 0 amide bonds. The van der Waals surface area contributed by atoms with Gasteiger partial charge in [-0.2, -0.15) is 0 Å². The van der Waals surface area contributed by atoms with Crippen molar-refractivity contribution >= 4 is 24.0 Å². The molecule has 0 aliphatic carbocycles. The lowest BCUT2D eigenvalue weighted by Crippen LogP contribution is -2.36. The first-order valence-corrected chi connectivity index (χ1v) is 7.73. The van der Waals surface area contributed by atoms with Gasteiger partial charge in [0, 0.05) is 29.7 Å². The van der Waals surface area contributed by atoms with E-state index in [-0.39, 0.29) is 12.4 Å². The second-order valence-electron chi connectivity index (χ2n) is 5.48. The van der Waals surface area contributed by atoms with E-state index in [0.717, 1.165) is 35.9 Å². The second-order valence-corrected chi connectivity index (χ2v) is 5.91. The molecule has 3 rings (SSSR count). The fourth-order valence-electron chi connectivity index (χ4n) is 2.88. The molecular formula is C16H21Cl2N3O. The van der Waals surface area contributed by atoms with Crippen LogP contribution < -0.4 is 5.32 Å². The van der Waals surface area contributed by atoms with Gasteiger partial charge < -0.3 is 9.73 Å². The molecule has 22 heavy (non-hydrogen) atoms. The van der Waals surface area contributed by atoms with Gasteiger partial charge in [-0.05, 0) is 50.7 Å². The molecule has 1 N–H and O–H groups in total. The number of nitrogens with one attached hydrogen (secondary N) is 1. The predicted molar refractivity (Wildman–Crippen MR) is 91.6 cm³/mol. The van der Waals surface area contributed by atoms with Crippen LogP contribution in [-0.2, 0) is 6.54 Å². The number of hydrogen-bond donors (Lipinski definition) is 1. The number of halogens is 2. The molecule has 1 atom stereocenters. The predicted octanol–water partition coefficient (Wildman–Crippen LogP) is 3.60. The SMILES string of the molecule is CNCC1CCCN1Cc1coc(-c2ccc(Cl)cc2)n1.Cl. The Hall–Kier alpha value is -1.07. The van der Waals surface area contributed by atoms with Crippen LogP contribution in [0.4, 0.5) is 0 Å². The minimum atomic E-state index is 0. The Morgan fingerprint density at radius 2 is 2.14 bits per heavy atom. The summed E-state index contributed by atoms with van der Waals surface area (Å²) < 4.78 is 5.60. The Bertz CT molecular complexity index is 585. The molecule has 0 radical (unpaired) electrons. The van der Waals surface area contributed by atoms with E-state index < -0.39 is 0 Å². The third-order valence-corrected chi connectivity index (χ3v) is 4.20. The van der Waals surface area contributed by atoms with Crippen molar-refractivity contribution in [1.29, 1.82) is 0 Å². The maximum atomic E-state index is 5.90. The number of benzene rings is 1. The summed E-state index contributed by atoms with van der Waals surface area (Å²) in [7, 11) is 2.01. The van der Waals surface area contributed by atoms with Crippen LogP contribution in [0.15, 0.2) is 34.9 Å². The zero-order chi connectivity index (χ0) is 14.7. The van der Waals surface area contributed by atoms with Crippen LogP contribution in [0.1, 0.15) is 18.5 Å². The number of likely N-dealkylation sites (N-methyl/N-ethyl adjacent to an activating group) is 1. The quantitative estimate of drug-likeness (QED) is 0.901. The Kier molecular flexibility index (Phi) is 6.26. The van der Waals surface area contributed by atoms with Gasteiger partial charge in [-0.3, -0.25) is 4.90 Å². The molecule has 6 heteroatoms. The molecule has 1 aromatic carbocycles. The third kappa shape index (κ3) is 4.02. The highest BCUT2D eigenvalue weighted by Crippen LogP contribution is 2.23. The molecule has 4 nitrogen and oxygen atoms in total. The average Bonchev–Trinajstić information content (AvgIpc) is 3.11. The van der Waals surface area contributed by atoms with E-state index in [9.17, 15) is 0 Å². The highest BCUT2D eigenvalue weighted by atomic mass is 35.5. The van der Waals surface area contributed by atoms with E-state index in [1.165, 1.54) is 12.8 Å². The molecule has 0 bridgehead atoms. The first kappa shape index (κ1) is 17.3. The molecule has 0 saturated carbocycles. The lowest BCUT2D eigenvalue weighted by molar-refractivity contribution is 0.239. The van der Waals surface area contributed by atoms with Gasteiger partial charge in [0.1, 0.15) is 6.26 Å². The van der Waals surface area contributed by atoms with Gasteiger partial charge in [-0.25, -0.2) is 4.98 Å². The number of likely N-dealkylation sites (tertiary alicyclic amines) is 1. The van der Waals surface area contributed by atoms with Crippen LogP contribution in [0.3, 0.4) is 0 Å². The monoisotopic (exact) mass is 341 g/mol. The lowest BCUT2D eigenvalue weighted by atomic mass is 10.2. The van der Waals surface area contributed by atoms with E-state index >= 15 is 0 Å². The fraction of sp³-hybridized carbons (Fsp3) is 0.438. The summed E-state index contributed by atoms with van der Waals surface area (Å²) in [5.41, 5.74) is 1.95. The van der Waals surface area contributed by atoms with Crippen LogP contribution in [0.2, 0.25) is 5.02 Å². The molecule has 1 saturated heterocycles. The van der Waals surface area contributed by atoms with E-state index in [1.807, 2.05) is 31.3 Å². The fourth-order valence-corrected chi connectivity index (χ4v) is 3.01. The van der Waals surface area contributed by atoms with Gasteiger partial charge in [0.05, 0.1) is 5.69 Å². The summed E-state index contributed by atoms with van der Waals surface area (Å²) in [5, 5.41) is 3.98.